The second kappa shape index (κ2) is 29.4. The lowest BCUT2D eigenvalue weighted by atomic mass is 9.87. The molecule has 400 valence electrons. The van der Waals surface area contributed by atoms with Crippen LogP contribution in [0.2, 0.25) is 0 Å². The summed E-state index contributed by atoms with van der Waals surface area (Å²) in [6, 6.07) is 19.2. The van der Waals surface area contributed by atoms with E-state index in [2.05, 4.69) is 195 Å². The summed E-state index contributed by atoms with van der Waals surface area (Å²) in [7, 11) is 0. The maximum atomic E-state index is 7.18. The highest BCUT2D eigenvalue weighted by Gasteiger charge is 2.31. The molecule has 12 heteroatoms. The predicted molar refractivity (Wildman–Crippen MR) is 330 cm³/mol. The van der Waals surface area contributed by atoms with E-state index in [4.69, 9.17) is 18.9 Å². The van der Waals surface area contributed by atoms with Crippen LogP contribution in [0.15, 0.2) is 87.7 Å². The Balaban J connectivity index is 1.96. The topological polar surface area (TPSA) is 36.9 Å². The van der Waals surface area contributed by atoms with Crippen molar-refractivity contribution in [3.8, 4) is 23.0 Å². The molecule has 0 saturated carbocycles. The van der Waals surface area contributed by atoms with Crippen molar-refractivity contribution in [3.63, 3.8) is 0 Å². The van der Waals surface area contributed by atoms with E-state index >= 15 is 0 Å². The summed E-state index contributed by atoms with van der Waals surface area (Å²) >= 11 is 21.9. The normalized spacial score (nSPS) is 13.3. The molecule has 0 unspecified atom stereocenters. The molecule has 0 atom stereocenters. The number of hydrogen-bond acceptors (Lipinski definition) is 8. The number of hydrogen-bond donors (Lipinski definition) is 0. The third-order valence-corrected chi connectivity index (χ3v) is 19.0. The van der Waals surface area contributed by atoms with Crippen LogP contribution in [0.25, 0.3) is 0 Å². The van der Waals surface area contributed by atoms with E-state index in [0.29, 0.717) is 26.4 Å². The van der Waals surface area contributed by atoms with Crippen LogP contribution in [0.4, 0.5) is 0 Å². The number of benzene rings is 4. The van der Waals surface area contributed by atoms with Crippen LogP contribution in [-0.2, 0) is 21.7 Å². The molecule has 5 rings (SSSR count). The van der Waals surface area contributed by atoms with E-state index in [1.165, 1.54) is 22.3 Å². The Bertz CT molecular complexity index is 1930. The summed E-state index contributed by atoms with van der Waals surface area (Å²) in [5, 5.41) is 3.98. The van der Waals surface area contributed by atoms with E-state index in [9.17, 15) is 0 Å². The van der Waals surface area contributed by atoms with Gasteiger partial charge in [-0.1, -0.05) is 194 Å². The fourth-order valence-electron chi connectivity index (χ4n) is 7.88. The van der Waals surface area contributed by atoms with Crippen molar-refractivity contribution in [3.05, 3.63) is 70.8 Å². The largest absolute Gasteiger partial charge is 0.491 e. The molecule has 0 fully saturated rings. The Kier molecular flexibility index (Phi) is 25.4. The zero-order valence-corrected chi connectivity index (χ0v) is 55.1. The minimum Gasteiger partial charge on any atom is -0.491 e. The first kappa shape index (κ1) is 62.2. The second-order valence-electron chi connectivity index (χ2n) is 23.0. The van der Waals surface area contributed by atoms with Crippen LogP contribution < -0.4 is 18.9 Å². The molecular formula is C60H84Br4O4S4. The van der Waals surface area contributed by atoms with Gasteiger partial charge in [0.1, 0.15) is 23.0 Å². The molecule has 1 heterocycles. The first-order chi connectivity index (χ1) is 34.1. The fraction of sp³-hybridized carbons (Fsp3) is 0.600. The smallest absolute Gasteiger partial charge is 0.147 e. The zero-order chi connectivity index (χ0) is 52.7. The zero-order valence-electron chi connectivity index (χ0n) is 45.5. The van der Waals surface area contributed by atoms with Gasteiger partial charge in [0.2, 0.25) is 0 Å². The lowest BCUT2D eigenvalue weighted by molar-refractivity contribution is 0.289. The molecule has 0 N–H and O–H groups in total. The van der Waals surface area contributed by atoms with Crippen molar-refractivity contribution < 1.29 is 18.9 Å². The van der Waals surface area contributed by atoms with Gasteiger partial charge in [0.05, 0.1) is 65.6 Å². The SMILES string of the molecule is CC(C)(C)c1cc2c(OCCCCCBr)c(c1)Sc1cc(C(C)(C)C)cc(c1OCCCCCBr)Sc1cc(C(C)(C)C)cc(c1OCCCCCBr)Sc1cc(C(C)(C)C)cc(c1OCCCCCBr)S2. The third kappa shape index (κ3) is 18.8. The van der Waals surface area contributed by atoms with Crippen molar-refractivity contribution >= 4 is 111 Å². The molecule has 4 aromatic rings. The molecule has 1 aliphatic heterocycles. The molecular weight excluding hydrogens is 1230 g/mol. The van der Waals surface area contributed by atoms with Crippen molar-refractivity contribution in [2.75, 3.05) is 47.7 Å². The molecule has 0 amide bonds. The first-order valence-corrected chi connectivity index (χ1v) is 34.0. The van der Waals surface area contributed by atoms with Crippen molar-refractivity contribution in [2.45, 2.75) is 221 Å². The fourth-order valence-corrected chi connectivity index (χ4v) is 14.3. The average molecular weight is 1320 g/mol. The van der Waals surface area contributed by atoms with Gasteiger partial charge in [-0.15, -0.1) is 0 Å². The summed E-state index contributed by atoms with van der Waals surface area (Å²) in [6.07, 6.45) is 12.7. The number of ether oxygens (including phenoxy) is 4. The van der Waals surface area contributed by atoms with Crippen LogP contribution in [-0.4, -0.2) is 47.7 Å². The van der Waals surface area contributed by atoms with Crippen molar-refractivity contribution in [2.24, 2.45) is 0 Å². The Labute approximate surface area is 487 Å². The Morgan fingerprint density at radius 1 is 0.278 bits per heavy atom. The number of alkyl halides is 4. The van der Waals surface area contributed by atoms with Gasteiger partial charge in [-0.05, 0) is 169 Å². The van der Waals surface area contributed by atoms with Gasteiger partial charge in [0.25, 0.3) is 0 Å². The van der Waals surface area contributed by atoms with E-state index < -0.39 is 0 Å². The van der Waals surface area contributed by atoms with Gasteiger partial charge in [0.15, 0.2) is 0 Å². The van der Waals surface area contributed by atoms with E-state index in [1.54, 1.807) is 47.0 Å². The van der Waals surface area contributed by atoms with Crippen LogP contribution in [0.1, 0.15) is 182 Å². The summed E-state index contributed by atoms with van der Waals surface area (Å²) < 4.78 is 28.7. The van der Waals surface area contributed by atoms with E-state index in [0.717, 1.165) is 161 Å². The van der Waals surface area contributed by atoms with Gasteiger partial charge in [-0.3, -0.25) is 0 Å². The molecule has 0 aromatic heterocycles. The number of halogens is 4. The lowest BCUT2D eigenvalue weighted by Gasteiger charge is -2.28. The monoisotopic (exact) mass is 1310 g/mol. The van der Waals surface area contributed by atoms with E-state index in [-0.39, 0.29) is 21.7 Å². The van der Waals surface area contributed by atoms with Gasteiger partial charge >= 0.3 is 0 Å². The third-order valence-electron chi connectivity index (χ3n) is 12.5. The highest BCUT2D eigenvalue weighted by Crippen LogP contribution is 2.56. The van der Waals surface area contributed by atoms with Crippen LogP contribution in [0, 0.1) is 0 Å². The maximum absolute atomic E-state index is 7.18. The van der Waals surface area contributed by atoms with Gasteiger partial charge in [0, 0.05) is 21.3 Å². The average Bonchev–Trinajstić information content (AvgIpc) is 3.29. The molecule has 0 saturated heterocycles. The second-order valence-corrected chi connectivity index (χ2v) is 30.5. The molecule has 0 spiro atoms. The van der Waals surface area contributed by atoms with Crippen LogP contribution in [0.5, 0.6) is 23.0 Å². The summed E-state index contributed by atoms with van der Waals surface area (Å²) in [6.45, 7) is 30.4. The molecule has 72 heavy (non-hydrogen) atoms. The summed E-state index contributed by atoms with van der Waals surface area (Å²) in [4.78, 5) is 8.83. The first-order valence-electron chi connectivity index (χ1n) is 26.3. The maximum Gasteiger partial charge on any atom is 0.147 e. The molecule has 8 bridgehead atoms. The van der Waals surface area contributed by atoms with Gasteiger partial charge < -0.3 is 18.9 Å². The van der Waals surface area contributed by atoms with Crippen molar-refractivity contribution in [1.82, 2.24) is 0 Å². The van der Waals surface area contributed by atoms with Crippen molar-refractivity contribution in [1.29, 1.82) is 0 Å². The number of unbranched alkanes of at least 4 members (excludes halogenated alkanes) is 8. The molecule has 0 aliphatic carbocycles. The molecule has 1 aliphatic rings. The highest BCUT2D eigenvalue weighted by molar-refractivity contribution is 9.09. The summed E-state index contributed by atoms with van der Waals surface area (Å²) in [5.74, 6) is 3.71. The Morgan fingerprint density at radius 3 is 0.583 bits per heavy atom. The van der Waals surface area contributed by atoms with Gasteiger partial charge in [-0.25, -0.2) is 0 Å². The predicted octanol–water partition coefficient (Wildman–Crippen LogP) is 21.6. The summed E-state index contributed by atoms with van der Waals surface area (Å²) in [5.41, 5.74) is 4.52. The van der Waals surface area contributed by atoms with E-state index in [1.807, 2.05) is 0 Å². The molecule has 0 radical (unpaired) electrons. The molecule has 4 nitrogen and oxygen atoms in total. The minimum absolute atomic E-state index is 0.135. The Hall–Kier alpha value is -0.600. The minimum atomic E-state index is -0.135. The highest BCUT2D eigenvalue weighted by atomic mass is 79.9. The van der Waals surface area contributed by atoms with Crippen LogP contribution >= 0.6 is 111 Å². The lowest BCUT2D eigenvalue weighted by Crippen LogP contribution is -2.14. The molecule has 4 aromatic carbocycles. The standard InChI is InChI=1S/C60H84Br4O4S4/c1-57(2,3)41-33-45-53(65-29-21-13-17-25-61)46(34-41)70-48-36-43(59(7,8)9)38-50(55(48)67-31-23-15-19-27-63)72-52-40-44(60(10,11)12)39-51(56(52)68-32-24-16-20-28-64)71-49-37-42(58(4,5)6)35-47(69-45)54(49)66-30-22-14-18-26-62/h33-40H,13-32H2,1-12H3. The Morgan fingerprint density at radius 2 is 0.444 bits per heavy atom. The van der Waals surface area contributed by atoms with Gasteiger partial charge in [-0.2, -0.15) is 0 Å². The van der Waals surface area contributed by atoms with Crippen LogP contribution in [0.3, 0.4) is 0 Å². The number of rotatable bonds is 24. The number of fused-ring (bicyclic) bond motifs is 8. The quantitative estimate of drug-likeness (QED) is 0.0447.